The van der Waals surface area contributed by atoms with Crippen molar-refractivity contribution in [3.8, 4) is 0 Å². The maximum atomic E-state index is 10.4. The number of aliphatic hydroxyl groups is 1. The van der Waals surface area contributed by atoms with Crippen molar-refractivity contribution < 1.29 is 5.11 Å². The molecular formula is C11H21NO. The third-order valence-electron chi connectivity index (χ3n) is 4.37. The molecule has 1 atom stereocenters. The smallest absolute Gasteiger partial charge is 0.0715 e. The zero-order valence-corrected chi connectivity index (χ0v) is 8.39. The van der Waals surface area contributed by atoms with E-state index in [1.54, 1.807) is 0 Å². The SMILES string of the molecule is NCCC1(O)CCC12CCCCC2. The van der Waals surface area contributed by atoms with Gasteiger partial charge in [0.15, 0.2) is 0 Å². The van der Waals surface area contributed by atoms with Crippen LogP contribution in [0, 0.1) is 5.41 Å². The van der Waals surface area contributed by atoms with Gasteiger partial charge in [-0.2, -0.15) is 0 Å². The van der Waals surface area contributed by atoms with Gasteiger partial charge in [0.05, 0.1) is 5.60 Å². The summed E-state index contributed by atoms with van der Waals surface area (Å²) in [6, 6.07) is 0. The van der Waals surface area contributed by atoms with Crippen LogP contribution in [0.1, 0.15) is 51.4 Å². The van der Waals surface area contributed by atoms with E-state index in [-0.39, 0.29) is 11.0 Å². The summed E-state index contributed by atoms with van der Waals surface area (Å²) in [5.41, 5.74) is 5.45. The van der Waals surface area contributed by atoms with E-state index in [9.17, 15) is 5.11 Å². The quantitative estimate of drug-likeness (QED) is 0.686. The molecule has 0 aliphatic heterocycles. The van der Waals surface area contributed by atoms with Crippen LogP contribution in [-0.2, 0) is 0 Å². The fourth-order valence-electron chi connectivity index (χ4n) is 3.34. The highest BCUT2D eigenvalue weighted by Gasteiger charge is 2.56. The average molecular weight is 183 g/mol. The standard InChI is InChI=1S/C11H21NO/c12-9-8-11(13)7-6-10(11)4-2-1-3-5-10/h13H,1-9,12H2. The lowest BCUT2D eigenvalue weighted by Gasteiger charge is -2.58. The van der Waals surface area contributed by atoms with Crippen molar-refractivity contribution in [3.63, 3.8) is 0 Å². The minimum absolute atomic E-state index is 0.282. The van der Waals surface area contributed by atoms with Crippen molar-refractivity contribution in [2.75, 3.05) is 6.54 Å². The Morgan fingerprint density at radius 3 is 2.15 bits per heavy atom. The van der Waals surface area contributed by atoms with E-state index >= 15 is 0 Å². The molecule has 2 aliphatic carbocycles. The maximum absolute atomic E-state index is 10.4. The third-order valence-corrected chi connectivity index (χ3v) is 4.37. The topological polar surface area (TPSA) is 46.2 Å². The Kier molecular flexibility index (Phi) is 2.37. The highest BCUT2D eigenvalue weighted by molar-refractivity contribution is 5.08. The molecule has 0 amide bonds. The largest absolute Gasteiger partial charge is 0.389 e. The van der Waals surface area contributed by atoms with Crippen molar-refractivity contribution in [2.24, 2.45) is 11.1 Å². The van der Waals surface area contributed by atoms with Gasteiger partial charge in [0.2, 0.25) is 0 Å². The highest BCUT2D eigenvalue weighted by Crippen LogP contribution is 2.59. The van der Waals surface area contributed by atoms with E-state index in [0.717, 1.165) is 12.8 Å². The van der Waals surface area contributed by atoms with E-state index in [1.807, 2.05) is 0 Å². The zero-order valence-electron chi connectivity index (χ0n) is 8.39. The molecule has 2 saturated carbocycles. The second-order valence-electron chi connectivity index (χ2n) is 4.91. The van der Waals surface area contributed by atoms with Crippen LogP contribution in [0.25, 0.3) is 0 Å². The van der Waals surface area contributed by atoms with Gasteiger partial charge in [-0.25, -0.2) is 0 Å². The summed E-state index contributed by atoms with van der Waals surface area (Å²) in [5, 5.41) is 10.4. The van der Waals surface area contributed by atoms with Gasteiger partial charge in [-0.3, -0.25) is 0 Å². The summed E-state index contributed by atoms with van der Waals surface area (Å²) in [7, 11) is 0. The molecule has 2 rings (SSSR count). The Morgan fingerprint density at radius 1 is 1.00 bits per heavy atom. The fraction of sp³-hybridized carbons (Fsp3) is 1.00. The van der Waals surface area contributed by atoms with Gasteiger partial charge in [0.25, 0.3) is 0 Å². The second kappa shape index (κ2) is 3.25. The summed E-state index contributed by atoms with van der Waals surface area (Å²) >= 11 is 0. The lowest BCUT2D eigenvalue weighted by molar-refractivity contribution is -0.185. The molecule has 0 aromatic heterocycles. The molecule has 0 aromatic carbocycles. The van der Waals surface area contributed by atoms with Crippen LogP contribution in [0.2, 0.25) is 0 Å². The number of hydrogen-bond donors (Lipinski definition) is 2. The molecule has 0 aromatic rings. The predicted molar refractivity (Wildman–Crippen MR) is 53.4 cm³/mol. The van der Waals surface area contributed by atoms with Crippen molar-refractivity contribution in [1.29, 1.82) is 0 Å². The Bertz CT molecular complexity index is 187. The van der Waals surface area contributed by atoms with Gasteiger partial charge in [-0.1, -0.05) is 19.3 Å². The normalized spacial score (nSPS) is 37.4. The van der Waals surface area contributed by atoms with Crippen LogP contribution in [0.3, 0.4) is 0 Å². The molecule has 2 fully saturated rings. The van der Waals surface area contributed by atoms with E-state index in [2.05, 4.69) is 0 Å². The van der Waals surface area contributed by atoms with E-state index in [1.165, 1.54) is 38.5 Å². The number of hydrogen-bond acceptors (Lipinski definition) is 2. The Balaban J connectivity index is 2.05. The molecule has 2 aliphatic rings. The number of nitrogens with two attached hydrogens (primary N) is 1. The molecule has 0 radical (unpaired) electrons. The monoisotopic (exact) mass is 183 g/mol. The summed E-state index contributed by atoms with van der Waals surface area (Å²) in [5.74, 6) is 0. The van der Waals surface area contributed by atoms with Crippen LogP contribution in [0.4, 0.5) is 0 Å². The van der Waals surface area contributed by atoms with Crippen LogP contribution < -0.4 is 5.73 Å². The summed E-state index contributed by atoms with van der Waals surface area (Å²) in [4.78, 5) is 0. The molecule has 0 saturated heterocycles. The van der Waals surface area contributed by atoms with Crippen LogP contribution in [0.5, 0.6) is 0 Å². The lowest BCUT2D eigenvalue weighted by Crippen LogP contribution is -2.58. The van der Waals surface area contributed by atoms with Crippen molar-refractivity contribution in [1.82, 2.24) is 0 Å². The summed E-state index contributed by atoms with van der Waals surface area (Å²) < 4.78 is 0. The van der Waals surface area contributed by atoms with Crippen molar-refractivity contribution in [3.05, 3.63) is 0 Å². The van der Waals surface area contributed by atoms with Crippen LogP contribution in [0.15, 0.2) is 0 Å². The molecule has 13 heavy (non-hydrogen) atoms. The molecule has 2 heteroatoms. The molecular weight excluding hydrogens is 162 g/mol. The van der Waals surface area contributed by atoms with E-state index in [0.29, 0.717) is 6.54 Å². The minimum Gasteiger partial charge on any atom is -0.389 e. The molecule has 1 spiro atoms. The molecule has 76 valence electrons. The van der Waals surface area contributed by atoms with Crippen LogP contribution in [-0.4, -0.2) is 17.3 Å². The van der Waals surface area contributed by atoms with E-state index < -0.39 is 0 Å². The molecule has 3 N–H and O–H groups in total. The van der Waals surface area contributed by atoms with Crippen LogP contribution >= 0.6 is 0 Å². The first-order valence-electron chi connectivity index (χ1n) is 5.65. The fourth-order valence-corrected chi connectivity index (χ4v) is 3.34. The first kappa shape index (κ1) is 9.47. The molecule has 2 nitrogen and oxygen atoms in total. The van der Waals surface area contributed by atoms with Gasteiger partial charge in [0.1, 0.15) is 0 Å². The Labute approximate surface area is 80.5 Å². The molecule has 1 unspecified atom stereocenters. The molecule has 0 bridgehead atoms. The highest BCUT2D eigenvalue weighted by atomic mass is 16.3. The van der Waals surface area contributed by atoms with E-state index in [4.69, 9.17) is 5.73 Å². The Hall–Kier alpha value is -0.0800. The minimum atomic E-state index is -0.387. The van der Waals surface area contributed by atoms with Gasteiger partial charge in [-0.05, 0) is 44.1 Å². The number of rotatable bonds is 2. The third kappa shape index (κ3) is 1.31. The van der Waals surface area contributed by atoms with Gasteiger partial charge in [-0.15, -0.1) is 0 Å². The second-order valence-corrected chi connectivity index (χ2v) is 4.91. The van der Waals surface area contributed by atoms with Gasteiger partial charge >= 0.3 is 0 Å². The lowest BCUT2D eigenvalue weighted by atomic mass is 9.50. The van der Waals surface area contributed by atoms with Gasteiger partial charge in [0, 0.05) is 0 Å². The first-order valence-corrected chi connectivity index (χ1v) is 5.65. The van der Waals surface area contributed by atoms with Crippen molar-refractivity contribution >= 4 is 0 Å². The Morgan fingerprint density at radius 2 is 1.69 bits per heavy atom. The first-order chi connectivity index (χ1) is 6.22. The van der Waals surface area contributed by atoms with Crippen molar-refractivity contribution in [2.45, 2.75) is 57.0 Å². The summed E-state index contributed by atoms with van der Waals surface area (Å²) in [6.07, 6.45) is 9.51. The maximum Gasteiger partial charge on any atom is 0.0715 e. The predicted octanol–water partition coefficient (Wildman–Crippen LogP) is 1.81. The average Bonchev–Trinajstić information content (AvgIpc) is 2.18. The molecule has 0 heterocycles. The summed E-state index contributed by atoms with van der Waals surface area (Å²) in [6.45, 7) is 0.637. The zero-order chi connectivity index (χ0) is 9.36. The van der Waals surface area contributed by atoms with Gasteiger partial charge < -0.3 is 10.8 Å².